The standard InChI is InChI=1S/C27H39N3O5S/c1-9-23(26(32)28-27(4,5)6)29(17-21-12-14-22(35-7)15-13-21)25(31)18-30(36(8,33)34)24-16-19(2)10-11-20(24)3/h10-16,23H,9,17-18H2,1-8H3,(H,28,32)/t23-/m1/s1. The van der Waals surface area contributed by atoms with Gasteiger partial charge in [-0.2, -0.15) is 0 Å². The number of ether oxygens (including phenoxy) is 1. The van der Waals surface area contributed by atoms with E-state index in [1.54, 1.807) is 32.2 Å². The van der Waals surface area contributed by atoms with Crippen LogP contribution in [0.4, 0.5) is 5.69 Å². The molecule has 9 heteroatoms. The fourth-order valence-electron chi connectivity index (χ4n) is 3.88. The number of hydrogen-bond donors (Lipinski definition) is 1. The Hall–Kier alpha value is -3.07. The second-order valence-corrected chi connectivity index (χ2v) is 12.0. The Bertz CT molecular complexity index is 1170. The van der Waals surface area contributed by atoms with Gasteiger partial charge < -0.3 is 15.0 Å². The minimum atomic E-state index is -3.78. The van der Waals surface area contributed by atoms with E-state index in [1.807, 2.05) is 58.9 Å². The molecule has 0 aromatic heterocycles. The SMILES string of the molecule is CC[C@H](C(=O)NC(C)(C)C)N(Cc1ccc(OC)cc1)C(=O)CN(c1cc(C)ccc1C)S(C)(=O)=O. The summed E-state index contributed by atoms with van der Waals surface area (Å²) in [6.45, 7) is 10.9. The number of amides is 2. The van der Waals surface area contributed by atoms with Gasteiger partial charge in [0.1, 0.15) is 18.3 Å². The summed E-state index contributed by atoms with van der Waals surface area (Å²) in [7, 11) is -2.21. The third-order valence-electron chi connectivity index (χ3n) is 5.71. The van der Waals surface area contributed by atoms with Crippen LogP contribution in [0.3, 0.4) is 0 Å². The van der Waals surface area contributed by atoms with E-state index in [0.717, 1.165) is 27.3 Å². The molecule has 0 aliphatic carbocycles. The highest BCUT2D eigenvalue weighted by Gasteiger charge is 2.33. The molecule has 0 saturated carbocycles. The Morgan fingerprint density at radius 2 is 1.67 bits per heavy atom. The number of carbonyl (C=O) groups is 2. The van der Waals surface area contributed by atoms with Crippen molar-refractivity contribution in [2.24, 2.45) is 0 Å². The molecule has 198 valence electrons. The van der Waals surface area contributed by atoms with Crippen molar-refractivity contribution in [3.8, 4) is 5.75 Å². The predicted molar refractivity (Wildman–Crippen MR) is 144 cm³/mol. The smallest absolute Gasteiger partial charge is 0.244 e. The number of nitrogens with zero attached hydrogens (tertiary/aromatic N) is 2. The zero-order chi connectivity index (χ0) is 27.3. The van der Waals surface area contributed by atoms with Crippen molar-refractivity contribution in [2.45, 2.75) is 66.1 Å². The van der Waals surface area contributed by atoms with Crippen LogP contribution in [0.25, 0.3) is 0 Å². The second kappa shape index (κ2) is 11.8. The zero-order valence-corrected chi connectivity index (χ0v) is 23.4. The molecule has 0 heterocycles. The van der Waals surface area contributed by atoms with E-state index in [9.17, 15) is 18.0 Å². The molecule has 0 saturated heterocycles. The molecule has 2 aromatic rings. The van der Waals surface area contributed by atoms with Crippen molar-refractivity contribution >= 4 is 27.5 Å². The quantitative estimate of drug-likeness (QED) is 0.517. The van der Waals surface area contributed by atoms with Gasteiger partial charge in [-0.15, -0.1) is 0 Å². The number of benzene rings is 2. The largest absolute Gasteiger partial charge is 0.497 e. The number of carbonyl (C=O) groups excluding carboxylic acids is 2. The Morgan fingerprint density at radius 1 is 1.06 bits per heavy atom. The Balaban J connectivity index is 2.50. The van der Waals surface area contributed by atoms with Crippen LogP contribution in [0.15, 0.2) is 42.5 Å². The Morgan fingerprint density at radius 3 is 2.17 bits per heavy atom. The van der Waals surface area contributed by atoms with Gasteiger partial charge in [-0.25, -0.2) is 8.42 Å². The van der Waals surface area contributed by atoms with E-state index in [0.29, 0.717) is 17.9 Å². The van der Waals surface area contributed by atoms with Crippen LogP contribution in [-0.4, -0.2) is 56.6 Å². The average Bonchev–Trinajstić information content (AvgIpc) is 2.77. The number of sulfonamides is 1. The molecule has 0 unspecified atom stereocenters. The lowest BCUT2D eigenvalue weighted by molar-refractivity contribution is -0.141. The lowest BCUT2D eigenvalue weighted by Crippen LogP contribution is -2.55. The van der Waals surface area contributed by atoms with Gasteiger partial charge >= 0.3 is 0 Å². The molecule has 0 spiro atoms. The Kier molecular flexibility index (Phi) is 9.54. The minimum absolute atomic E-state index is 0.142. The van der Waals surface area contributed by atoms with Crippen molar-refractivity contribution in [3.05, 3.63) is 59.2 Å². The van der Waals surface area contributed by atoms with E-state index in [-0.39, 0.29) is 12.5 Å². The van der Waals surface area contributed by atoms with Crippen molar-refractivity contribution in [1.82, 2.24) is 10.2 Å². The number of nitrogens with one attached hydrogen (secondary N) is 1. The number of methoxy groups -OCH3 is 1. The predicted octanol–water partition coefficient (Wildman–Crippen LogP) is 3.80. The minimum Gasteiger partial charge on any atom is -0.497 e. The summed E-state index contributed by atoms with van der Waals surface area (Å²) in [4.78, 5) is 28.5. The summed E-state index contributed by atoms with van der Waals surface area (Å²) in [5.41, 5.74) is 2.36. The monoisotopic (exact) mass is 517 g/mol. The van der Waals surface area contributed by atoms with Gasteiger partial charge in [0.2, 0.25) is 21.8 Å². The molecule has 2 amide bonds. The van der Waals surface area contributed by atoms with E-state index in [1.165, 1.54) is 4.90 Å². The van der Waals surface area contributed by atoms with Crippen molar-refractivity contribution in [1.29, 1.82) is 0 Å². The van der Waals surface area contributed by atoms with Crippen molar-refractivity contribution in [2.75, 3.05) is 24.2 Å². The first-order valence-corrected chi connectivity index (χ1v) is 13.8. The van der Waals surface area contributed by atoms with Crippen LogP contribution in [0, 0.1) is 13.8 Å². The maximum Gasteiger partial charge on any atom is 0.244 e. The highest BCUT2D eigenvalue weighted by atomic mass is 32.2. The molecule has 36 heavy (non-hydrogen) atoms. The molecule has 8 nitrogen and oxygen atoms in total. The maximum atomic E-state index is 13.8. The molecule has 0 radical (unpaired) electrons. The van der Waals surface area contributed by atoms with Crippen LogP contribution in [-0.2, 0) is 26.2 Å². The lowest BCUT2D eigenvalue weighted by atomic mass is 10.1. The van der Waals surface area contributed by atoms with Gasteiger partial charge in [-0.3, -0.25) is 13.9 Å². The first kappa shape index (κ1) is 29.2. The first-order chi connectivity index (χ1) is 16.7. The van der Waals surface area contributed by atoms with Crippen LogP contribution < -0.4 is 14.4 Å². The molecule has 0 bridgehead atoms. The van der Waals surface area contributed by atoms with Gasteiger partial charge in [-0.05, 0) is 75.9 Å². The maximum absolute atomic E-state index is 13.8. The summed E-state index contributed by atoms with van der Waals surface area (Å²) in [5.74, 6) is -0.0788. The highest BCUT2D eigenvalue weighted by Crippen LogP contribution is 2.25. The molecule has 0 aliphatic rings. The molecule has 2 rings (SSSR count). The fraction of sp³-hybridized carbons (Fsp3) is 0.481. The average molecular weight is 518 g/mol. The van der Waals surface area contributed by atoms with Crippen molar-refractivity contribution < 1.29 is 22.7 Å². The van der Waals surface area contributed by atoms with Crippen molar-refractivity contribution in [3.63, 3.8) is 0 Å². The molecular weight excluding hydrogens is 478 g/mol. The second-order valence-electron chi connectivity index (χ2n) is 10.1. The fourth-order valence-corrected chi connectivity index (χ4v) is 4.78. The number of anilines is 1. The summed E-state index contributed by atoms with van der Waals surface area (Å²) >= 11 is 0. The third kappa shape index (κ3) is 7.98. The zero-order valence-electron chi connectivity index (χ0n) is 22.6. The number of hydrogen-bond acceptors (Lipinski definition) is 5. The summed E-state index contributed by atoms with van der Waals surface area (Å²) < 4.78 is 32.0. The molecule has 1 N–H and O–H groups in total. The summed E-state index contributed by atoms with van der Waals surface area (Å²) in [6.07, 6.45) is 1.45. The number of aryl methyl sites for hydroxylation is 2. The lowest BCUT2D eigenvalue weighted by Gasteiger charge is -2.34. The first-order valence-electron chi connectivity index (χ1n) is 12.0. The molecule has 1 atom stereocenters. The molecule has 0 aliphatic heterocycles. The van der Waals surface area contributed by atoms with Gasteiger partial charge in [0.05, 0.1) is 19.1 Å². The van der Waals surface area contributed by atoms with Crippen LogP contribution in [0.1, 0.15) is 50.8 Å². The van der Waals surface area contributed by atoms with Gasteiger partial charge in [0, 0.05) is 12.1 Å². The van der Waals surface area contributed by atoms with Gasteiger partial charge in [0.25, 0.3) is 0 Å². The van der Waals surface area contributed by atoms with E-state index < -0.39 is 34.1 Å². The summed E-state index contributed by atoms with van der Waals surface area (Å²) in [5, 5.41) is 2.96. The van der Waals surface area contributed by atoms with Gasteiger partial charge in [0.15, 0.2) is 0 Å². The van der Waals surface area contributed by atoms with Crippen LogP contribution in [0.5, 0.6) is 5.75 Å². The third-order valence-corrected chi connectivity index (χ3v) is 6.84. The summed E-state index contributed by atoms with van der Waals surface area (Å²) in [6, 6.07) is 11.9. The number of rotatable bonds is 10. The molecule has 0 fully saturated rings. The molecule has 2 aromatic carbocycles. The van der Waals surface area contributed by atoms with E-state index in [2.05, 4.69) is 5.32 Å². The van der Waals surface area contributed by atoms with Crippen LogP contribution >= 0.6 is 0 Å². The highest BCUT2D eigenvalue weighted by molar-refractivity contribution is 7.92. The topological polar surface area (TPSA) is 96.0 Å². The van der Waals surface area contributed by atoms with Crippen LogP contribution in [0.2, 0.25) is 0 Å². The normalized spacial score (nSPS) is 12.6. The molecular formula is C27H39N3O5S. The van der Waals surface area contributed by atoms with Gasteiger partial charge in [-0.1, -0.05) is 31.2 Å². The van der Waals surface area contributed by atoms with E-state index in [4.69, 9.17) is 4.74 Å². The van der Waals surface area contributed by atoms with E-state index >= 15 is 0 Å². The Labute approximate surface area is 215 Å².